The van der Waals surface area contributed by atoms with Crippen LogP contribution in [0.3, 0.4) is 0 Å². The first-order valence-corrected chi connectivity index (χ1v) is 4.37. The molecule has 0 radical (unpaired) electrons. The van der Waals surface area contributed by atoms with E-state index in [0.29, 0.717) is 5.82 Å². The first kappa shape index (κ1) is 9.58. The number of rotatable bonds is 0. The summed E-state index contributed by atoms with van der Waals surface area (Å²) in [6.45, 7) is 5.90. The second kappa shape index (κ2) is 3.94. The number of aryl methyl sites for hydroxylation is 1. The van der Waals surface area contributed by atoms with Gasteiger partial charge in [0.2, 0.25) is 0 Å². The largest absolute Gasteiger partial charge is 0.461 e. The molecule has 0 spiro atoms. The lowest BCUT2D eigenvalue weighted by Gasteiger charge is -1.88. The lowest BCUT2D eigenvalue weighted by atomic mass is 10.3. The molecule has 2 aromatic rings. The van der Waals surface area contributed by atoms with Gasteiger partial charge in [0.15, 0.2) is 0 Å². The molecular weight excluding hydrogens is 164 g/mol. The van der Waals surface area contributed by atoms with Gasteiger partial charge in [-0.05, 0) is 13.0 Å². The molecule has 3 heteroatoms. The van der Waals surface area contributed by atoms with Crippen molar-refractivity contribution in [3.05, 3.63) is 24.1 Å². The minimum Gasteiger partial charge on any atom is -0.461 e. The van der Waals surface area contributed by atoms with Gasteiger partial charge < -0.3 is 10.2 Å². The molecule has 0 aliphatic rings. The molecule has 0 amide bonds. The van der Waals surface area contributed by atoms with Crippen LogP contribution in [0.5, 0.6) is 0 Å². The molecular formula is C10H14N2O. The zero-order valence-electron chi connectivity index (χ0n) is 8.16. The first-order valence-electron chi connectivity index (χ1n) is 4.37. The highest BCUT2D eigenvalue weighted by atomic mass is 16.3. The van der Waals surface area contributed by atoms with Crippen molar-refractivity contribution in [3.8, 4) is 0 Å². The Hall–Kier alpha value is -1.51. The number of furan rings is 1. The van der Waals surface area contributed by atoms with Crippen LogP contribution in [0.25, 0.3) is 11.0 Å². The molecule has 0 unspecified atom stereocenters. The standard InChI is InChI=1S/C8H8N2O.C2H6/c1-5-2-6-4-10-8(9)3-7(6)11-5;1-2/h2-4H,1H3,(H2,9,10);1-2H3. The van der Waals surface area contributed by atoms with Gasteiger partial charge in [0, 0.05) is 17.6 Å². The highest BCUT2D eigenvalue weighted by molar-refractivity contribution is 5.78. The van der Waals surface area contributed by atoms with E-state index in [9.17, 15) is 0 Å². The van der Waals surface area contributed by atoms with Crippen molar-refractivity contribution >= 4 is 16.8 Å². The van der Waals surface area contributed by atoms with Gasteiger partial charge in [-0.15, -0.1) is 0 Å². The summed E-state index contributed by atoms with van der Waals surface area (Å²) in [6, 6.07) is 3.66. The van der Waals surface area contributed by atoms with Gasteiger partial charge in [0.25, 0.3) is 0 Å². The summed E-state index contributed by atoms with van der Waals surface area (Å²) in [4.78, 5) is 3.94. The molecule has 2 rings (SSSR count). The number of nitrogen functional groups attached to an aromatic ring is 1. The Labute approximate surface area is 77.6 Å². The molecule has 13 heavy (non-hydrogen) atoms. The quantitative estimate of drug-likeness (QED) is 0.674. The van der Waals surface area contributed by atoms with Crippen LogP contribution in [0.1, 0.15) is 19.6 Å². The molecule has 2 N–H and O–H groups in total. The maximum absolute atomic E-state index is 5.46. The molecule has 2 heterocycles. The second-order valence-corrected chi connectivity index (χ2v) is 2.50. The van der Waals surface area contributed by atoms with E-state index in [2.05, 4.69) is 4.98 Å². The topological polar surface area (TPSA) is 52.0 Å². The lowest BCUT2D eigenvalue weighted by Crippen LogP contribution is -1.86. The van der Waals surface area contributed by atoms with Crippen LogP contribution >= 0.6 is 0 Å². The normalized spacial score (nSPS) is 9.46. The maximum Gasteiger partial charge on any atom is 0.139 e. The van der Waals surface area contributed by atoms with Crippen LogP contribution in [-0.4, -0.2) is 4.98 Å². The van der Waals surface area contributed by atoms with E-state index in [0.717, 1.165) is 16.7 Å². The lowest BCUT2D eigenvalue weighted by molar-refractivity contribution is 0.578. The van der Waals surface area contributed by atoms with E-state index in [1.807, 2.05) is 26.8 Å². The number of hydrogen-bond acceptors (Lipinski definition) is 3. The van der Waals surface area contributed by atoms with E-state index >= 15 is 0 Å². The fourth-order valence-electron chi connectivity index (χ4n) is 1.08. The third kappa shape index (κ3) is 1.99. The SMILES string of the molecule is CC.Cc1cc2cnc(N)cc2o1. The Morgan fingerprint density at radius 3 is 2.69 bits per heavy atom. The summed E-state index contributed by atoms with van der Waals surface area (Å²) in [5.41, 5.74) is 6.26. The van der Waals surface area contributed by atoms with Crippen molar-refractivity contribution in [2.75, 3.05) is 5.73 Å². The minimum absolute atomic E-state index is 0.492. The molecule has 2 aromatic heterocycles. The molecule has 0 saturated carbocycles. The fraction of sp³-hybridized carbons (Fsp3) is 0.300. The second-order valence-electron chi connectivity index (χ2n) is 2.50. The molecule has 0 aliphatic heterocycles. The van der Waals surface area contributed by atoms with Crippen molar-refractivity contribution in [3.63, 3.8) is 0 Å². The summed E-state index contributed by atoms with van der Waals surface area (Å²) < 4.78 is 5.33. The smallest absolute Gasteiger partial charge is 0.139 e. The number of nitrogens with two attached hydrogens (primary N) is 1. The van der Waals surface area contributed by atoms with E-state index in [4.69, 9.17) is 10.2 Å². The monoisotopic (exact) mass is 178 g/mol. The fourth-order valence-corrected chi connectivity index (χ4v) is 1.08. The Bertz CT molecular complexity index is 393. The molecule has 70 valence electrons. The average Bonchev–Trinajstić information content (AvgIpc) is 2.48. The Balaban J connectivity index is 0.000000396. The molecule has 0 aromatic carbocycles. The molecule has 0 bridgehead atoms. The predicted octanol–water partition coefficient (Wildman–Crippen LogP) is 2.74. The van der Waals surface area contributed by atoms with Gasteiger partial charge in [-0.1, -0.05) is 13.8 Å². The Morgan fingerprint density at radius 2 is 2.00 bits per heavy atom. The van der Waals surface area contributed by atoms with Crippen LogP contribution in [-0.2, 0) is 0 Å². The van der Waals surface area contributed by atoms with Crippen molar-refractivity contribution < 1.29 is 4.42 Å². The Morgan fingerprint density at radius 1 is 1.31 bits per heavy atom. The third-order valence-electron chi connectivity index (χ3n) is 1.55. The minimum atomic E-state index is 0.492. The van der Waals surface area contributed by atoms with Crippen LogP contribution < -0.4 is 5.73 Å². The average molecular weight is 178 g/mol. The maximum atomic E-state index is 5.46. The molecule has 3 nitrogen and oxygen atoms in total. The van der Waals surface area contributed by atoms with Gasteiger partial charge >= 0.3 is 0 Å². The zero-order valence-corrected chi connectivity index (χ0v) is 8.16. The van der Waals surface area contributed by atoms with E-state index in [1.54, 1.807) is 12.3 Å². The third-order valence-corrected chi connectivity index (χ3v) is 1.55. The number of pyridine rings is 1. The highest BCUT2D eigenvalue weighted by Gasteiger charge is 1.99. The molecule has 0 atom stereocenters. The zero-order chi connectivity index (χ0) is 9.84. The summed E-state index contributed by atoms with van der Waals surface area (Å²) in [7, 11) is 0. The van der Waals surface area contributed by atoms with Crippen LogP contribution in [0.15, 0.2) is 22.7 Å². The van der Waals surface area contributed by atoms with E-state index < -0.39 is 0 Å². The van der Waals surface area contributed by atoms with Gasteiger partial charge in [-0.3, -0.25) is 0 Å². The molecule has 0 saturated heterocycles. The summed E-state index contributed by atoms with van der Waals surface area (Å²) in [6.07, 6.45) is 1.71. The number of nitrogens with zero attached hydrogens (tertiary/aromatic N) is 1. The van der Waals surface area contributed by atoms with Crippen molar-refractivity contribution in [1.82, 2.24) is 4.98 Å². The number of aromatic nitrogens is 1. The van der Waals surface area contributed by atoms with Gasteiger partial charge in [-0.2, -0.15) is 0 Å². The molecule has 0 fully saturated rings. The predicted molar refractivity (Wildman–Crippen MR) is 54.5 cm³/mol. The van der Waals surface area contributed by atoms with Crippen LogP contribution in [0.2, 0.25) is 0 Å². The van der Waals surface area contributed by atoms with Gasteiger partial charge in [0.1, 0.15) is 17.2 Å². The number of hydrogen-bond donors (Lipinski definition) is 1. The van der Waals surface area contributed by atoms with Crippen molar-refractivity contribution in [1.29, 1.82) is 0 Å². The number of fused-ring (bicyclic) bond motifs is 1. The first-order chi connectivity index (χ1) is 6.25. The molecule has 0 aliphatic carbocycles. The van der Waals surface area contributed by atoms with Crippen LogP contribution in [0, 0.1) is 6.92 Å². The van der Waals surface area contributed by atoms with Crippen molar-refractivity contribution in [2.24, 2.45) is 0 Å². The van der Waals surface area contributed by atoms with E-state index in [-0.39, 0.29) is 0 Å². The Kier molecular flexibility index (Phi) is 2.90. The summed E-state index contributed by atoms with van der Waals surface area (Å²) >= 11 is 0. The van der Waals surface area contributed by atoms with Crippen molar-refractivity contribution in [2.45, 2.75) is 20.8 Å². The number of anilines is 1. The summed E-state index contributed by atoms with van der Waals surface area (Å²) in [5, 5.41) is 0.997. The summed E-state index contributed by atoms with van der Waals surface area (Å²) in [5.74, 6) is 1.37. The van der Waals surface area contributed by atoms with E-state index in [1.165, 1.54) is 0 Å². The van der Waals surface area contributed by atoms with Gasteiger partial charge in [0.05, 0.1) is 0 Å². The van der Waals surface area contributed by atoms with Crippen LogP contribution in [0.4, 0.5) is 5.82 Å². The highest BCUT2D eigenvalue weighted by Crippen LogP contribution is 2.18. The van der Waals surface area contributed by atoms with Gasteiger partial charge in [-0.25, -0.2) is 4.98 Å².